The standard InChI is InChI=1S/C21H18N2O3S2/c24-28(25,17-10-5-2-6-11-17)21-20(22-14-13-16-8-3-1-4-9-16)26-19(23-21)18-12-7-15-27-18/h1-12,15,22H,13-14H2. The third kappa shape index (κ3) is 3.85. The van der Waals surface area contributed by atoms with Gasteiger partial charge in [0.2, 0.25) is 26.6 Å². The minimum Gasteiger partial charge on any atom is -0.418 e. The van der Waals surface area contributed by atoms with Crippen LogP contribution in [0.4, 0.5) is 5.88 Å². The van der Waals surface area contributed by atoms with Crippen molar-refractivity contribution in [3.8, 4) is 10.8 Å². The van der Waals surface area contributed by atoms with E-state index in [1.54, 1.807) is 30.3 Å². The Bertz CT molecular complexity index is 1140. The molecule has 0 saturated heterocycles. The molecule has 5 nitrogen and oxygen atoms in total. The monoisotopic (exact) mass is 410 g/mol. The Morgan fingerprint density at radius 1 is 0.929 bits per heavy atom. The molecule has 0 amide bonds. The Balaban J connectivity index is 1.66. The summed E-state index contributed by atoms with van der Waals surface area (Å²) < 4.78 is 32.0. The average molecular weight is 411 g/mol. The van der Waals surface area contributed by atoms with Crippen LogP contribution in [0.25, 0.3) is 10.8 Å². The van der Waals surface area contributed by atoms with Gasteiger partial charge in [0.25, 0.3) is 0 Å². The average Bonchev–Trinajstić information content (AvgIpc) is 3.40. The molecule has 0 atom stereocenters. The zero-order valence-electron chi connectivity index (χ0n) is 14.9. The zero-order chi connectivity index (χ0) is 19.4. The van der Waals surface area contributed by atoms with Crippen molar-refractivity contribution in [2.45, 2.75) is 16.3 Å². The van der Waals surface area contributed by atoms with Gasteiger partial charge in [-0.15, -0.1) is 11.3 Å². The first-order chi connectivity index (χ1) is 13.6. The van der Waals surface area contributed by atoms with Crippen molar-refractivity contribution in [1.82, 2.24) is 4.98 Å². The molecule has 2 aromatic heterocycles. The molecule has 0 spiro atoms. The van der Waals surface area contributed by atoms with E-state index in [0.29, 0.717) is 12.4 Å². The molecule has 4 aromatic rings. The first-order valence-corrected chi connectivity index (χ1v) is 11.1. The minimum atomic E-state index is -3.80. The zero-order valence-corrected chi connectivity index (χ0v) is 16.5. The van der Waals surface area contributed by atoms with Gasteiger partial charge < -0.3 is 9.73 Å². The predicted octanol–water partition coefficient (Wildman–Crippen LogP) is 4.89. The first-order valence-electron chi connectivity index (χ1n) is 8.77. The van der Waals surface area contributed by atoms with Gasteiger partial charge in [0.05, 0.1) is 9.77 Å². The molecule has 2 heterocycles. The van der Waals surface area contributed by atoms with Crippen molar-refractivity contribution in [2.24, 2.45) is 0 Å². The number of aromatic nitrogens is 1. The van der Waals surface area contributed by atoms with Gasteiger partial charge in [0, 0.05) is 6.54 Å². The molecule has 0 aliphatic heterocycles. The fraction of sp³-hybridized carbons (Fsp3) is 0.0952. The number of nitrogens with one attached hydrogen (secondary N) is 1. The van der Waals surface area contributed by atoms with Crippen molar-refractivity contribution in [2.75, 3.05) is 11.9 Å². The Labute approximate surface area is 167 Å². The molecule has 28 heavy (non-hydrogen) atoms. The summed E-state index contributed by atoms with van der Waals surface area (Å²) in [5, 5.41) is 4.92. The number of benzene rings is 2. The number of oxazole rings is 1. The van der Waals surface area contributed by atoms with E-state index in [-0.39, 0.29) is 15.8 Å². The van der Waals surface area contributed by atoms with Gasteiger partial charge in [0.15, 0.2) is 0 Å². The first kappa shape index (κ1) is 18.5. The molecular formula is C21H18N2O3S2. The fourth-order valence-corrected chi connectivity index (χ4v) is 4.73. The number of hydrogen-bond acceptors (Lipinski definition) is 6. The highest BCUT2D eigenvalue weighted by atomic mass is 32.2. The van der Waals surface area contributed by atoms with Gasteiger partial charge in [-0.3, -0.25) is 0 Å². The van der Waals surface area contributed by atoms with E-state index in [1.165, 1.54) is 11.3 Å². The molecule has 7 heteroatoms. The van der Waals surface area contributed by atoms with Crippen molar-refractivity contribution in [1.29, 1.82) is 0 Å². The van der Waals surface area contributed by atoms with Crippen LogP contribution in [0.15, 0.2) is 92.5 Å². The Morgan fingerprint density at radius 3 is 2.32 bits per heavy atom. The van der Waals surface area contributed by atoms with E-state index in [1.807, 2.05) is 47.8 Å². The van der Waals surface area contributed by atoms with Gasteiger partial charge in [-0.25, -0.2) is 8.42 Å². The summed E-state index contributed by atoms with van der Waals surface area (Å²) in [7, 11) is -3.80. The van der Waals surface area contributed by atoms with Crippen molar-refractivity contribution in [3.63, 3.8) is 0 Å². The molecule has 2 aromatic carbocycles. The maximum absolute atomic E-state index is 13.1. The highest BCUT2D eigenvalue weighted by molar-refractivity contribution is 7.91. The Hall–Kier alpha value is -2.90. The quantitative estimate of drug-likeness (QED) is 0.470. The lowest BCUT2D eigenvalue weighted by molar-refractivity contribution is 0.578. The number of nitrogens with zero attached hydrogens (tertiary/aromatic N) is 1. The summed E-state index contributed by atoms with van der Waals surface area (Å²) in [4.78, 5) is 5.29. The second-order valence-corrected chi connectivity index (χ2v) is 8.92. The lowest BCUT2D eigenvalue weighted by Gasteiger charge is -2.06. The smallest absolute Gasteiger partial charge is 0.240 e. The van der Waals surface area contributed by atoms with E-state index < -0.39 is 9.84 Å². The molecule has 0 saturated carbocycles. The predicted molar refractivity (Wildman–Crippen MR) is 110 cm³/mol. The minimum absolute atomic E-state index is 0.0878. The van der Waals surface area contributed by atoms with Gasteiger partial charge >= 0.3 is 0 Å². The van der Waals surface area contributed by atoms with Gasteiger partial charge in [-0.05, 0) is 35.6 Å². The van der Waals surface area contributed by atoms with E-state index in [4.69, 9.17) is 4.42 Å². The number of hydrogen-bond donors (Lipinski definition) is 1. The molecular weight excluding hydrogens is 392 g/mol. The third-order valence-electron chi connectivity index (χ3n) is 4.18. The van der Waals surface area contributed by atoms with Crippen LogP contribution < -0.4 is 5.32 Å². The van der Waals surface area contributed by atoms with Crippen LogP contribution in [-0.4, -0.2) is 19.9 Å². The van der Waals surface area contributed by atoms with Crippen molar-refractivity contribution < 1.29 is 12.8 Å². The fourth-order valence-electron chi connectivity index (χ4n) is 2.78. The second-order valence-electron chi connectivity index (χ2n) is 6.11. The molecule has 4 rings (SSSR count). The van der Waals surface area contributed by atoms with E-state index in [9.17, 15) is 8.42 Å². The van der Waals surface area contributed by atoms with Crippen LogP contribution in [0, 0.1) is 0 Å². The molecule has 1 N–H and O–H groups in total. The van der Waals surface area contributed by atoms with Crippen LogP contribution in [0.2, 0.25) is 0 Å². The van der Waals surface area contributed by atoms with Gasteiger partial charge in [0.1, 0.15) is 0 Å². The van der Waals surface area contributed by atoms with E-state index in [2.05, 4.69) is 10.3 Å². The summed E-state index contributed by atoms with van der Waals surface area (Å²) in [5.74, 6) is 0.468. The highest BCUT2D eigenvalue weighted by Crippen LogP contribution is 2.33. The van der Waals surface area contributed by atoms with E-state index in [0.717, 1.165) is 16.9 Å². The number of sulfone groups is 1. The SMILES string of the molecule is O=S(=O)(c1ccccc1)c1nc(-c2cccs2)oc1NCCc1ccccc1. The van der Waals surface area contributed by atoms with Crippen molar-refractivity contribution in [3.05, 3.63) is 83.7 Å². The maximum atomic E-state index is 13.1. The largest absolute Gasteiger partial charge is 0.418 e. The lowest BCUT2D eigenvalue weighted by Crippen LogP contribution is -2.09. The van der Waals surface area contributed by atoms with Crippen LogP contribution in [0.5, 0.6) is 0 Å². The van der Waals surface area contributed by atoms with Gasteiger partial charge in [-0.1, -0.05) is 54.6 Å². The summed E-state index contributed by atoms with van der Waals surface area (Å²) in [6, 6.07) is 22.0. The maximum Gasteiger partial charge on any atom is 0.240 e. The van der Waals surface area contributed by atoms with Crippen LogP contribution in [0.3, 0.4) is 0 Å². The molecule has 0 bridgehead atoms. The summed E-state index contributed by atoms with van der Waals surface area (Å²) in [6.07, 6.45) is 0.737. The Kier molecular flexibility index (Phi) is 5.27. The molecule has 142 valence electrons. The molecule has 0 aliphatic rings. The Morgan fingerprint density at radius 2 is 1.64 bits per heavy atom. The molecule has 0 radical (unpaired) electrons. The molecule has 0 fully saturated rings. The number of anilines is 1. The lowest BCUT2D eigenvalue weighted by atomic mass is 10.1. The van der Waals surface area contributed by atoms with Crippen LogP contribution in [0.1, 0.15) is 5.56 Å². The second kappa shape index (κ2) is 8.00. The summed E-state index contributed by atoms with van der Waals surface area (Å²) in [5.41, 5.74) is 1.15. The van der Waals surface area contributed by atoms with Crippen molar-refractivity contribution >= 4 is 27.1 Å². The normalized spacial score (nSPS) is 11.4. The third-order valence-corrected chi connectivity index (χ3v) is 6.71. The summed E-state index contributed by atoms with van der Waals surface area (Å²) in [6.45, 7) is 0.528. The van der Waals surface area contributed by atoms with Gasteiger partial charge in [-0.2, -0.15) is 4.98 Å². The number of thiophene rings is 1. The van der Waals surface area contributed by atoms with Crippen LogP contribution >= 0.6 is 11.3 Å². The van der Waals surface area contributed by atoms with E-state index >= 15 is 0 Å². The number of rotatable bonds is 7. The highest BCUT2D eigenvalue weighted by Gasteiger charge is 2.28. The molecule has 0 unspecified atom stereocenters. The molecule has 0 aliphatic carbocycles. The summed E-state index contributed by atoms with van der Waals surface area (Å²) >= 11 is 1.45. The topological polar surface area (TPSA) is 72.2 Å². The van der Waals surface area contributed by atoms with Crippen LogP contribution in [-0.2, 0) is 16.3 Å².